The number of carbonyl (C=O) groups excluding carboxylic acids is 1. The van der Waals surface area contributed by atoms with Crippen LogP contribution in [0, 0.1) is 18.8 Å². The normalized spacial score (nSPS) is 9.95. The molecular formula is C14H16N4OS. The van der Waals surface area contributed by atoms with E-state index in [0.717, 1.165) is 15.4 Å². The third-order valence-electron chi connectivity index (χ3n) is 2.66. The highest BCUT2D eigenvalue weighted by Gasteiger charge is 2.12. The Bertz CT molecular complexity index is 675. The predicted octanol–water partition coefficient (Wildman–Crippen LogP) is 1.03. The van der Waals surface area contributed by atoms with Crippen LogP contribution in [-0.2, 0) is 13.6 Å². The summed E-state index contributed by atoms with van der Waals surface area (Å²) in [5, 5.41) is 7.04. The summed E-state index contributed by atoms with van der Waals surface area (Å²) in [6, 6.07) is 3.89. The van der Waals surface area contributed by atoms with Gasteiger partial charge >= 0.3 is 0 Å². The maximum absolute atomic E-state index is 12.0. The van der Waals surface area contributed by atoms with Gasteiger partial charge in [-0.15, -0.1) is 11.3 Å². The zero-order valence-corrected chi connectivity index (χ0v) is 12.3. The molecule has 5 nitrogen and oxygen atoms in total. The zero-order chi connectivity index (χ0) is 14.5. The number of nitrogens with one attached hydrogen (secondary N) is 1. The Morgan fingerprint density at radius 2 is 2.35 bits per heavy atom. The van der Waals surface area contributed by atoms with E-state index >= 15 is 0 Å². The molecule has 20 heavy (non-hydrogen) atoms. The molecule has 0 spiro atoms. The van der Waals surface area contributed by atoms with Gasteiger partial charge in [-0.05, 0) is 19.1 Å². The van der Waals surface area contributed by atoms with E-state index in [2.05, 4.69) is 22.3 Å². The van der Waals surface area contributed by atoms with Crippen molar-refractivity contribution >= 4 is 17.2 Å². The van der Waals surface area contributed by atoms with Gasteiger partial charge in [0.25, 0.3) is 5.91 Å². The van der Waals surface area contributed by atoms with E-state index in [0.29, 0.717) is 18.7 Å². The molecule has 2 aromatic heterocycles. The number of rotatable bonds is 3. The van der Waals surface area contributed by atoms with Gasteiger partial charge in [-0.3, -0.25) is 9.48 Å². The average molecular weight is 288 g/mol. The molecule has 2 rings (SSSR count). The Morgan fingerprint density at radius 1 is 1.55 bits per heavy atom. The van der Waals surface area contributed by atoms with E-state index in [9.17, 15) is 4.79 Å². The Kier molecular flexibility index (Phi) is 4.56. The van der Waals surface area contributed by atoms with E-state index in [4.69, 9.17) is 5.73 Å². The van der Waals surface area contributed by atoms with E-state index < -0.39 is 0 Å². The summed E-state index contributed by atoms with van der Waals surface area (Å²) in [6.07, 6.45) is 1.72. The summed E-state index contributed by atoms with van der Waals surface area (Å²) in [7, 11) is 1.80. The van der Waals surface area contributed by atoms with Crippen molar-refractivity contribution in [1.29, 1.82) is 0 Å². The van der Waals surface area contributed by atoms with Gasteiger partial charge in [0.2, 0.25) is 0 Å². The van der Waals surface area contributed by atoms with Crippen LogP contribution in [0.2, 0.25) is 0 Å². The molecule has 0 bridgehead atoms. The van der Waals surface area contributed by atoms with Crippen LogP contribution in [0.4, 0.5) is 0 Å². The van der Waals surface area contributed by atoms with E-state index in [1.807, 2.05) is 19.1 Å². The number of nitrogens with two attached hydrogens (primary N) is 1. The molecule has 3 N–H and O–H groups in total. The Balaban J connectivity index is 1.96. The molecule has 0 saturated heterocycles. The lowest BCUT2D eigenvalue weighted by Gasteiger charge is -2.01. The van der Waals surface area contributed by atoms with Crippen LogP contribution in [-0.4, -0.2) is 22.2 Å². The summed E-state index contributed by atoms with van der Waals surface area (Å²) < 4.78 is 1.63. The molecule has 0 saturated carbocycles. The first-order chi connectivity index (χ1) is 9.60. The fourth-order valence-electron chi connectivity index (χ4n) is 1.76. The lowest BCUT2D eigenvalue weighted by molar-refractivity contribution is 0.0950. The lowest BCUT2D eigenvalue weighted by atomic mass is 10.2. The fourth-order valence-corrected chi connectivity index (χ4v) is 2.59. The molecule has 2 aromatic rings. The minimum Gasteiger partial charge on any atom is -0.347 e. The van der Waals surface area contributed by atoms with Crippen LogP contribution in [0.3, 0.4) is 0 Å². The first-order valence-electron chi connectivity index (χ1n) is 6.16. The number of nitrogens with zero attached hydrogens (tertiary/aromatic N) is 2. The van der Waals surface area contributed by atoms with Crippen molar-refractivity contribution < 1.29 is 4.79 Å². The van der Waals surface area contributed by atoms with Gasteiger partial charge in [0.15, 0.2) is 0 Å². The molecule has 0 aliphatic carbocycles. The fraction of sp³-hybridized carbons (Fsp3) is 0.286. The molecule has 2 heterocycles. The monoisotopic (exact) mass is 288 g/mol. The van der Waals surface area contributed by atoms with Gasteiger partial charge in [0.05, 0.1) is 29.2 Å². The molecular weight excluding hydrogens is 272 g/mol. The van der Waals surface area contributed by atoms with Crippen molar-refractivity contribution in [3.63, 3.8) is 0 Å². The van der Waals surface area contributed by atoms with Crippen molar-refractivity contribution in [1.82, 2.24) is 15.1 Å². The van der Waals surface area contributed by atoms with Crippen LogP contribution >= 0.6 is 11.3 Å². The lowest BCUT2D eigenvalue weighted by Crippen LogP contribution is -2.22. The van der Waals surface area contributed by atoms with E-state index in [-0.39, 0.29) is 5.91 Å². The van der Waals surface area contributed by atoms with Crippen LogP contribution in [0.5, 0.6) is 0 Å². The van der Waals surface area contributed by atoms with Crippen LogP contribution in [0.25, 0.3) is 0 Å². The highest BCUT2D eigenvalue weighted by Crippen LogP contribution is 2.15. The minimum absolute atomic E-state index is 0.112. The molecule has 0 aromatic carbocycles. The first-order valence-corrected chi connectivity index (χ1v) is 6.98. The number of amides is 1. The quantitative estimate of drug-likeness (QED) is 0.829. The number of aryl methyl sites for hydroxylation is 2. The molecule has 0 atom stereocenters. The molecule has 1 amide bonds. The summed E-state index contributed by atoms with van der Waals surface area (Å²) in [5.74, 6) is 5.67. The third-order valence-corrected chi connectivity index (χ3v) is 3.66. The second-order valence-electron chi connectivity index (χ2n) is 4.26. The van der Waals surface area contributed by atoms with Crippen LogP contribution in [0.1, 0.15) is 25.8 Å². The molecule has 104 valence electrons. The number of carbonyl (C=O) groups is 1. The van der Waals surface area contributed by atoms with E-state index in [1.54, 1.807) is 29.3 Å². The molecule has 6 heteroatoms. The van der Waals surface area contributed by atoms with Crippen LogP contribution < -0.4 is 11.1 Å². The SMILES string of the molecule is Cc1nn(C)cc1C(=O)NCc1ccc(C#CCN)s1. The van der Waals surface area contributed by atoms with Gasteiger partial charge in [-0.2, -0.15) is 5.10 Å². The van der Waals surface area contributed by atoms with Crippen molar-refractivity contribution in [3.8, 4) is 11.8 Å². The summed E-state index contributed by atoms with van der Waals surface area (Å²) in [5.41, 5.74) is 6.66. The predicted molar refractivity (Wildman–Crippen MR) is 79.4 cm³/mol. The zero-order valence-electron chi connectivity index (χ0n) is 11.4. The largest absolute Gasteiger partial charge is 0.347 e. The van der Waals surface area contributed by atoms with Crippen molar-refractivity contribution in [3.05, 3.63) is 39.3 Å². The number of aromatic nitrogens is 2. The standard InChI is InChI=1S/C14H16N4OS/c1-10-13(9-18(2)17-10)14(19)16-8-12-6-5-11(20-12)4-3-7-15/h5-6,9H,7-8,15H2,1-2H3,(H,16,19). The van der Waals surface area contributed by atoms with Gasteiger partial charge < -0.3 is 11.1 Å². The molecule has 0 aliphatic rings. The second kappa shape index (κ2) is 6.37. The Labute approximate surface area is 121 Å². The minimum atomic E-state index is -0.112. The third kappa shape index (κ3) is 3.47. The molecule has 0 fully saturated rings. The maximum Gasteiger partial charge on any atom is 0.255 e. The highest BCUT2D eigenvalue weighted by atomic mass is 32.1. The van der Waals surface area contributed by atoms with Crippen LogP contribution in [0.15, 0.2) is 18.3 Å². The van der Waals surface area contributed by atoms with Crippen molar-refractivity contribution in [2.24, 2.45) is 12.8 Å². The molecule has 0 unspecified atom stereocenters. The van der Waals surface area contributed by atoms with Gasteiger partial charge in [0, 0.05) is 18.1 Å². The number of hydrogen-bond donors (Lipinski definition) is 2. The summed E-state index contributed by atoms with van der Waals surface area (Å²) >= 11 is 1.55. The first kappa shape index (κ1) is 14.3. The maximum atomic E-state index is 12.0. The Hall–Kier alpha value is -2.10. The summed E-state index contributed by atoms with van der Waals surface area (Å²) in [6.45, 7) is 2.66. The van der Waals surface area contributed by atoms with Gasteiger partial charge in [0.1, 0.15) is 0 Å². The van der Waals surface area contributed by atoms with Crippen molar-refractivity contribution in [2.45, 2.75) is 13.5 Å². The topological polar surface area (TPSA) is 72.9 Å². The smallest absolute Gasteiger partial charge is 0.255 e. The van der Waals surface area contributed by atoms with Gasteiger partial charge in [-0.25, -0.2) is 0 Å². The van der Waals surface area contributed by atoms with E-state index in [1.165, 1.54) is 0 Å². The van der Waals surface area contributed by atoms with Gasteiger partial charge in [-0.1, -0.05) is 11.8 Å². The molecule has 0 radical (unpaired) electrons. The average Bonchev–Trinajstić information content (AvgIpc) is 3.00. The highest BCUT2D eigenvalue weighted by molar-refractivity contribution is 7.12. The Morgan fingerprint density at radius 3 is 3.00 bits per heavy atom. The second-order valence-corrected chi connectivity index (χ2v) is 5.42. The summed E-state index contributed by atoms with van der Waals surface area (Å²) in [4.78, 5) is 14.0. The molecule has 0 aliphatic heterocycles. The number of hydrogen-bond acceptors (Lipinski definition) is 4. The number of thiophene rings is 1. The van der Waals surface area contributed by atoms with Crippen molar-refractivity contribution in [2.75, 3.05) is 6.54 Å².